The minimum atomic E-state index is -0.623. The molecule has 2 unspecified atom stereocenters. The number of β-amino-alcohol motifs (C(OH)–C–C–N with tert-alkyl or cyclic N) is 1. The van der Waals surface area contributed by atoms with Crippen LogP contribution in [0.2, 0.25) is 5.02 Å². The Bertz CT molecular complexity index is 1450. The molecule has 0 aliphatic carbocycles. The van der Waals surface area contributed by atoms with Crippen LogP contribution in [-0.4, -0.2) is 77.4 Å². The van der Waals surface area contributed by atoms with E-state index in [-0.39, 0.29) is 28.2 Å². The molecule has 2 saturated heterocycles. The number of anilines is 2. The maximum Gasteiger partial charge on any atom is 0.318 e. The van der Waals surface area contributed by atoms with E-state index < -0.39 is 11.9 Å². The van der Waals surface area contributed by atoms with Crippen LogP contribution in [0.5, 0.6) is 6.01 Å². The van der Waals surface area contributed by atoms with Gasteiger partial charge in [-0.1, -0.05) is 35.1 Å². The topological polar surface area (TPSA) is 127 Å². The van der Waals surface area contributed by atoms with E-state index in [1.54, 1.807) is 18.2 Å². The minimum absolute atomic E-state index is 0.00409. The van der Waals surface area contributed by atoms with Gasteiger partial charge in [-0.15, -0.1) is 0 Å². The average molecular weight is 560 g/mol. The van der Waals surface area contributed by atoms with Crippen molar-refractivity contribution in [2.75, 3.05) is 51.0 Å². The highest BCUT2D eigenvalue weighted by Gasteiger charge is 2.28. The van der Waals surface area contributed by atoms with Crippen LogP contribution in [0.1, 0.15) is 19.3 Å². The molecule has 6 rings (SSSR count). The maximum absolute atomic E-state index is 16.0. The quantitative estimate of drug-likeness (QED) is 0.342. The van der Waals surface area contributed by atoms with Gasteiger partial charge in [-0.3, -0.25) is 0 Å². The van der Waals surface area contributed by atoms with Crippen molar-refractivity contribution in [3.05, 3.63) is 35.1 Å². The summed E-state index contributed by atoms with van der Waals surface area (Å²) in [5, 5.41) is 11.2. The molecule has 4 aromatic rings. The number of aromatic nitrogens is 3. The zero-order chi connectivity index (χ0) is 27.0. The molecule has 4 heterocycles. The van der Waals surface area contributed by atoms with Crippen LogP contribution in [0.25, 0.3) is 32.2 Å². The van der Waals surface area contributed by atoms with E-state index in [4.69, 9.17) is 27.8 Å². The van der Waals surface area contributed by atoms with Crippen molar-refractivity contribution in [3.63, 3.8) is 0 Å². The number of piperidine rings is 1. The molecule has 0 radical (unpaired) electrons. The molecule has 12 heteroatoms. The number of nitrogens with two attached hydrogens (primary N) is 2. The highest BCUT2D eigenvalue weighted by molar-refractivity contribution is 7.22. The number of methoxy groups -OCH3 is 1. The number of benzene rings is 2. The third-order valence-corrected chi connectivity index (χ3v) is 7.97. The Kier molecular flexibility index (Phi) is 7.83. The molecule has 2 atom stereocenters. The Hall–Kier alpha value is -2.83. The number of likely N-dealkylation sites (tertiary alicyclic amines) is 1. The summed E-state index contributed by atoms with van der Waals surface area (Å²) in [6, 6.07) is 6.81. The van der Waals surface area contributed by atoms with Crippen molar-refractivity contribution in [2.45, 2.75) is 31.4 Å². The fraction of sp³-hybridized carbons (Fsp3) is 0.423. The molecule has 5 N–H and O–H groups in total. The van der Waals surface area contributed by atoms with Crippen molar-refractivity contribution in [1.29, 1.82) is 0 Å². The van der Waals surface area contributed by atoms with Gasteiger partial charge in [-0.25, -0.2) is 9.37 Å². The summed E-state index contributed by atoms with van der Waals surface area (Å²) in [6.07, 6.45) is 2.69. The number of thiazole rings is 1. The monoisotopic (exact) mass is 559 g/mol. The Morgan fingerprint density at radius 3 is 2.58 bits per heavy atom. The number of halogens is 2. The number of fused-ring (bicyclic) bond motifs is 2. The predicted molar refractivity (Wildman–Crippen MR) is 152 cm³/mol. The third kappa shape index (κ3) is 5.34. The number of nitrogen functional groups attached to an aromatic ring is 1. The summed E-state index contributed by atoms with van der Waals surface area (Å²) in [6.45, 7) is 3.39. The molecule has 9 nitrogen and oxygen atoms in total. The van der Waals surface area contributed by atoms with Gasteiger partial charge in [0.15, 0.2) is 10.9 Å². The highest BCUT2D eigenvalue weighted by atomic mass is 35.5. The fourth-order valence-electron chi connectivity index (χ4n) is 5.07. The van der Waals surface area contributed by atoms with Crippen LogP contribution in [0, 0.1) is 5.82 Å². The minimum Gasteiger partial charge on any atom is -0.467 e. The van der Waals surface area contributed by atoms with Gasteiger partial charge in [0.05, 0.1) is 28.5 Å². The molecule has 2 aromatic carbocycles. The molecule has 2 aromatic heterocycles. The largest absolute Gasteiger partial charge is 0.467 e. The van der Waals surface area contributed by atoms with E-state index in [9.17, 15) is 5.11 Å². The molecule has 0 spiro atoms. The Morgan fingerprint density at radius 1 is 1.16 bits per heavy atom. The number of ether oxygens (including phenoxy) is 1. The first-order chi connectivity index (χ1) is 18.2. The van der Waals surface area contributed by atoms with Gasteiger partial charge in [-0.2, -0.15) is 9.97 Å². The van der Waals surface area contributed by atoms with Crippen molar-refractivity contribution < 1.29 is 14.2 Å². The standard InChI is InChI=1S/C21H20ClFN6O2S.C5H11N/c1-31-21-27-18-12(19(28-21)29-7-9(24)5-10(30)8-29)6-13(22)15(16(18)23)11-3-2-4-14-17(11)26-20(25)32-14;1-6-4-2-3-5-6/h2-4,6,9-10,30H,5,7-8,24H2,1H3,(H2,25,26);2-5H2,1H3. The predicted octanol–water partition coefficient (Wildman–Crippen LogP) is 3.90. The summed E-state index contributed by atoms with van der Waals surface area (Å²) in [5.41, 5.74) is 13.3. The normalized spacial score (nSPS) is 20.1. The summed E-state index contributed by atoms with van der Waals surface area (Å²) in [7, 11) is 3.59. The highest BCUT2D eigenvalue weighted by Crippen LogP contribution is 2.42. The van der Waals surface area contributed by atoms with E-state index in [2.05, 4.69) is 26.9 Å². The number of para-hydroxylation sites is 1. The molecular weight excluding hydrogens is 529 g/mol. The Balaban J connectivity index is 0.000000433. The summed E-state index contributed by atoms with van der Waals surface area (Å²) in [5.74, 6) is -0.208. The van der Waals surface area contributed by atoms with Crippen LogP contribution < -0.4 is 21.1 Å². The number of hydrogen-bond donors (Lipinski definition) is 3. The van der Waals surface area contributed by atoms with Crippen LogP contribution in [0.4, 0.5) is 15.3 Å². The van der Waals surface area contributed by atoms with Crippen LogP contribution >= 0.6 is 22.9 Å². The van der Waals surface area contributed by atoms with Crippen molar-refractivity contribution >= 4 is 55.0 Å². The van der Waals surface area contributed by atoms with Gasteiger partial charge in [0.1, 0.15) is 11.3 Å². The second-order valence-corrected chi connectivity index (χ2v) is 11.2. The summed E-state index contributed by atoms with van der Waals surface area (Å²) >= 11 is 7.93. The summed E-state index contributed by atoms with van der Waals surface area (Å²) in [4.78, 5) is 17.2. The lowest BCUT2D eigenvalue weighted by molar-refractivity contribution is 0.145. The third-order valence-electron chi connectivity index (χ3n) is 6.82. The number of hydrogen-bond acceptors (Lipinski definition) is 10. The van der Waals surface area contributed by atoms with E-state index in [0.717, 1.165) is 4.70 Å². The molecule has 2 aliphatic heterocycles. The molecule has 38 heavy (non-hydrogen) atoms. The second-order valence-electron chi connectivity index (χ2n) is 9.75. The number of aliphatic hydroxyl groups is 1. The smallest absolute Gasteiger partial charge is 0.318 e. The van der Waals surface area contributed by atoms with Crippen molar-refractivity contribution in [1.82, 2.24) is 19.9 Å². The Morgan fingerprint density at radius 2 is 1.92 bits per heavy atom. The van der Waals surface area contributed by atoms with Crippen molar-refractivity contribution in [2.24, 2.45) is 5.73 Å². The lowest BCUT2D eigenvalue weighted by Crippen LogP contribution is -2.49. The fourth-order valence-corrected chi connectivity index (χ4v) is 6.12. The molecular formula is C26H31ClFN7O2S. The number of nitrogens with zero attached hydrogens (tertiary/aromatic N) is 5. The van der Waals surface area contributed by atoms with Crippen LogP contribution in [0.15, 0.2) is 24.3 Å². The van der Waals surface area contributed by atoms with E-state index >= 15 is 4.39 Å². The van der Waals surface area contributed by atoms with Crippen molar-refractivity contribution in [3.8, 4) is 17.1 Å². The summed E-state index contributed by atoms with van der Waals surface area (Å²) < 4.78 is 22.1. The molecule has 0 bridgehead atoms. The van der Waals surface area contributed by atoms with Gasteiger partial charge in [0.2, 0.25) is 0 Å². The number of aliphatic hydroxyl groups excluding tert-OH is 1. The number of rotatable bonds is 3. The van der Waals surface area contributed by atoms with Gasteiger partial charge >= 0.3 is 6.01 Å². The van der Waals surface area contributed by atoms with E-state index in [1.807, 2.05) is 11.0 Å². The molecule has 2 aliphatic rings. The molecule has 202 valence electrons. The molecule has 0 saturated carbocycles. The van der Waals surface area contributed by atoms with Crippen LogP contribution in [0.3, 0.4) is 0 Å². The van der Waals surface area contributed by atoms with Gasteiger partial charge < -0.3 is 31.1 Å². The maximum atomic E-state index is 16.0. The van der Waals surface area contributed by atoms with Crippen LogP contribution in [-0.2, 0) is 0 Å². The first-order valence-corrected chi connectivity index (χ1v) is 13.7. The van der Waals surface area contributed by atoms with Gasteiger partial charge in [-0.05, 0) is 51.5 Å². The zero-order valence-electron chi connectivity index (χ0n) is 21.3. The lowest BCUT2D eigenvalue weighted by atomic mass is 10.0. The first-order valence-electron chi connectivity index (χ1n) is 12.5. The van der Waals surface area contributed by atoms with Gasteiger partial charge in [0, 0.05) is 35.6 Å². The molecule has 0 amide bonds. The zero-order valence-corrected chi connectivity index (χ0v) is 22.9. The second kappa shape index (κ2) is 11.1. The average Bonchev–Trinajstić information content (AvgIpc) is 3.51. The van der Waals surface area contributed by atoms with E-state index in [1.165, 1.54) is 44.4 Å². The Labute approximate surface area is 229 Å². The lowest BCUT2D eigenvalue weighted by Gasteiger charge is -2.35. The SMILES string of the molecule is CN1CCCC1.COc1nc(N2CC(N)CC(O)C2)c2cc(Cl)c(-c3cccc4sc(N)nc34)c(F)c2n1. The first kappa shape index (κ1) is 26.8. The molecule has 2 fully saturated rings. The van der Waals surface area contributed by atoms with E-state index in [0.29, 0.717) is 46.9 Å². The van der Waals surface area contributed by atoms with Gasteiger partial charge in [0.25, 0.3) is 0 Å².